The highest BCUT2D eigenvalue weighted by atomic mass is 79.9. The molecule has 88 valence electrons. The van der Waals surface area contributed by atoms with Gasteiger partial charge in [-0.1, -0.05) is 6.92 Å². The predicted molar refractivity (Wildman–Crippen MR) is 61.0 cm³/mol. The number of hydrogen-bond donors (Lipinski definition) is 2. The summed E-state index contributed by atoms with van der Waals surface area (Å²) in [6.07, 6.45) is 0. The first-order valence-corrected chi connectivity index (χ1v) is 6.66. The van der Waals surface area contributed by atoms with Gasteiger partial charge in [0, 0.05) is 0 Å². The maximum atomic E-state index is 11.6. The fourth-order valence-electron chi connectivity index (χ4n) is 1.03. The maximum Gasteiger partial charge on any atom is 0.355 e. The number of rotatable bonds is 3. The number of pyridine rings is 1. The number of nitrogens with two attached hydrogens (primary N) is 1. The molecule has 0 atom stereocenters. The van der Waals surface area contributed by atoms with E-state index in [0.29, 0.717) is 0 Å². The second-order valence-corrected chi connectivity index (χ2v) is 5.92. The van der Waals surface area contributed by atoms with Crippen LogP contribution in [0.4, 0.5) is 5.69 Å². The molecule has 0 bridgehead atoms. The van der Waals surface area contributed by atoms with Crippen LogP contribution in [0.2, 0.25) is 0 Å². The molecule has 6 nitrogen and oxygen atoms in total. The molecule has 1 rings (SSSR count). The topological polar surface area (TPSA) is 110 Å². The second kappa shape index (κ2) is 4.38. The van der Waals surface area contributed by atoms with Crippen molar-refractivity contribution in [3.8, 4) is 0 Å². The van der Waals surface area contributed by atoms with E-state index in [1.807, 2.05) is 0 Å². The molecule has 0 aliphatic carbocycles. The molecule has 1 aromatic heterocycles. The highest BCUT2D eigenvalue weighted by Gasteiger charge is 2.23. The van der Waals surface area contributed by atoms with E-state index in [-0.39, 0.29) is 20.9 Å². The van der Waals surface area contributed by atoms with Crippen LogP contribution in [-0.4, -0.2) is 30.2 Å². The van der Waals surface area contributed by atoms with Crippen molar-refractivity contribution < 1.29 is 18.3 Å². The fourth-order valence-corrected chi connectivity index (χ4v) is 2.37. The van der Waals surface area contributed by atoms with Crippen molar-refractivity contribution >= 4 is 37.4 Å². The molecule has 0 aliphatic rings. The quantitative estimate of drug-likeness (QED) is 0.803. The number of anilines is 1. The molecule has 0 unspecified atom stereocenters. The van der Waals surface area contributed by atoms with Crippen LogP contribution < -0.4 is 5.73 Å². The van der Waals surface area contributed by atoms with E-state index in [4.69, 9.17) is 10.8 Å². The molecule has 16 heavy (non-hydrogen) atoms. The van der Waals surface area contributed by atoms with Gasteiger partial charge >= 0.3 is 5.97 Å². The standard InChI is InChI=1S/C8H9BrN2O4S/c1-2-16(14,15)5-3-4(10)7(9)11-6(5)8(12)13/h3H,2,10H2,1H3,(H,12,13). The van der Waals surface area contributed by atoms with E-state index in [2.05, 4.69) is 20.9 Å². The Morgan fingerprint density at radius 1 is 1.62 bits per heavy atom. The average molecular weight is 309 g/mol. The zero-order valence-electron chi connectivity index (χ0n) is 8.27. The Kier molecular flexibility index (Phi) is 3.54. The number of hydrogen-bond acceptors (Lipinski definition) is 5. The first-order chi connectivity index (χ1) is 7.29. The van der Waals surface area contributed by atoms with Gasteiger partial charge in [0.1, 0.15) is 9.50 Å². The zero-order valence-corrected chi connectivity index (χ0v) is 10.7. The summed E-state index contributed by atoms with van der Waals surface area (Å²) >= 11 is 2.94. The molecule has 3 N–H and O–H groups in total. The third-order valence-electron chi connectivity index (χ3n) is 1.89. The van der Waals surface area contributed by atoms with Gasteiger partial charge in [-0.15, -0.1) is 0 Å². The molecule has 0 saturated carbocycles. The largest absolute Gasteiger partial charge is 0.476 e. The number of nitrogens with zero attached hydrogens (tertiary/aromatic N) is 1. The number of carboxylic acid groups (broad SMARTS) is 1. The first kappa shape index (κ1) is 12.9. The van der Waals surface area contributed by atoms with Crippen LogP contribution in [-0.2, 0) is 9.84 Å². The van der Waals surface area contributed by atoms with Gasteiger partial charge in [0.05, 0.1) is 11.4 Å². The van der Waals surface area contributed by atoms with Gasteiger partial charge in [-0.2, -0.15) is 0 Å². The van der Waals surface area contributed by atoms with Crippen molar-refractivity contribution in [1.82, 2.24) is 4.98 Å². The summed E-state index contributed by atoms with van der Waals surface area (Å²) < 4.78 is 23.3. The van der Waals surface area contributed by atoms with Crippen LogP contribution in [0.15, 0.2) is 15.6 Å². The van der Waals surface area contributed by atoms with Crippen LogP contribution in [0.1, 0.15) is 17.4 Å². The summed E-state index contributed by atoms with van der Waals surface area (Å²) in [7, 11) is -3.66. The van der Waals surface area contributed by atoms with Crippen LogP contribution in [0.25, 0.3) is 0 Å². The van der Waals surface area contributed by atoms with Gasteiger partial charge in [-0.05, 0) is 22.0 Å². The van der Waals surface area contributed by atoms with E-state index in [0.717, 1.165) is 6.07 Å². The van der Waals surface area contributed by atoms with Gasteiger partial charge in [0.2, 0.25) is 0 Å². The van der Waals surface area contributed by atoms with Crippen LogP contribution in [0, 0.1) is 0 Å². The molecule has 0 fully saturated rings. The number of sulfone groups is 1. The first-order valence-electron chi connectivity index (χ1n) is 4.21. The van der Waals surface area contributed by atoms with Crippen molar-refractivity contribution in [2.24, 2.45) is 0 Å². The van der Waals surface area contributed by atoms with Gasteiger partial charge in [0.15, 0.2) is 15.5 Å². The Morgan fingerprint density at radius 3 is 2.62 bits per heavy atom. The molecule has 0 aromatic carbocycles. The lowest BCUT2D eigenvalue weighted by Crippen LogP contribution is -2.14. The van der Waals surface area contributed by atoms with E-state index in [9.17, 15) is 13.2 Å². The Bertz CT molecular complexity index is 541. The van der Waals surface area contributed by atoms with E-state index >= 15 is 0 Å². The number of carbonyl (C=O) groups is 1. The highest BCUT2D eigenvalue weighted by Crippen LogP contribution is 2.24. The van der Waals surface area contributed by atoms with Crippen molar-refractivity contribution in [1.29, 1.82) is 0 Å². The molecule has 0 spiro atoms. The van der Waals surface area contributed by atoms with Crippen LogP contribution >= 0.6 is 15.9 Å². The van der Waals surface area contributed by atoms with E-state index < -0.39 is 21.5 Å². The number of aromatic carboxylic acids is 1. The van der Waals surface area contributed by atoms with Crippen molar-refractivity contribution in [3.05, 3.63) is 16.4 Å². The Morgan fingerprint density at radius 2 is 2.19 bits per heavy atom. The lowest BCUT2D eigenvalue weighted by Gasteiger charge is -2.07. The lowest BCUT2D eigenvalue weighted by molar-refractivity contribution is 0.0685. The van der Waals surface area contributed by atoms with Gasteiger partial charge in [0.25, 0.3) is 0 Å². The minimum Gasteiger partial charge on any atom is -0.476 e. The summed E-state index contributed by atoms with van der Waals surface area (Å²) in [5.41, 5.74) is 5.03. The molecule has 1 heterocycles. The van der Waals surface area contributed by atoms with E-state index in [1.165, 1.54) is 6.92 Å². The predicted octanol–water partition coefficient (Wildman–Crippen LogP) is 0.918. The van der Waals surface area contributed by atoms with Gasteiger partial charge < -0.3 is 10.8 Å². The van der Waals surface area contributed by atoms with Crippen LogP contribution in [0.5, 0.6) is 0 Å². The summed E-state index contributed by atoms with van der Waals surface area (Å²) in [5.74, 6) is -1.62. The fraction of sp³-hybridized carbons (Fsp3) is 0.250. The Hall–Kier alpha value is -1.15. The van der Waals surface area contributed by atoms with Crippen molar-refractivity contribution in [2.75, 3.05) is 11.5 Å². The summed E-state index contributed by atoms with van der Waals surface area (Å²) in [6, 6.07) is 1.10. The molecule has 8 heteroatoms. The zero-order chi connectivity index (χ0) is 12.5. The summed E-state index contributed by atoms with van der Waals surface area (Å²) in [6.45, 7) is 1.42. The minimum atomic E-state index is -3.66. The highest BCUT2D eigenvalue weighted by molar-refractivity contribution is 9.10. The normalized spacial score (nSPS) is 11.4. The lowest BCUT2D eigenvalue weighted by atomic mass is 10.3. The molecular formula is C8H9BrN2O4S. The summed E-state index contributed by atoms with van der Waals surface area (Å²) in [4.78, 5) is 14.1. The third kappa shape index (κ3) is 2.33. The average Bonchev–Trinajstić information content (AvgIpc) is 2.21. The number of halogens is 1. The third-order valence-corrected chi connectivity index (χ3v) is 4.26. The van der Waals surface area contributed by atoms with Crippen LogP contribution in [0.3, 0.4) is 0 Å². The molecule has 0 amide bonds. The van der Waals surface area contributed by atoms with Gasteiger partial charge in [-0.25, -0.2) is 18.2 Å². The number of aromatic nitrogens is 1. The monoisotopic (exact) mass is 308 g/mol. The molecule has 0 aliphatic heterocycles. The SMILES string of the molecule is CCS(=O)(=O)c1cc(N)c(Br)nc1C(=O)O. The molecule has 0 radical (unpaired) electrons. The minimum absolute atomic E-state index is 0.0806. The Balaban J connectivity index is 3.61. The smallest absolute Gasteiger partial charge is 0.355 e. The van der Waals surface area contributed by atoms with Crippen molar-refractivity contribution in [3.63, 3.8) is 0 Å². The van der Waals surface area contributed by atoms with Crippen molar-refractivity contribution in [2.45, 2.75) is 11.8 Å². The van der Waals surface area contributed by atoms with E-state index in [1.54, 1.807) is 0 Å². The number of nitrogen functional groups attached to an aromatic ring is 1. The molecule has 1 aromatic rings. The molecule has 0 saturated heterocycles. The summed E-state index contributed by atoms with van der Waals surface area (Å²) in [5, 5.41) is 8.85. The number of carboxylic acids is 1. The van der Waals surface area contributed by atoms with Gasteiger partial charge in [-0.3, -0.25) is 0 Å². The second-order valence-electron chi connectivity index (χ2n) is 2.92. The molecular weight excluding hydrogens is 300 g/mol. The maximum absolute atomic E-state index is 11.6. The Labute approximate surface area is 101 Å².